The average Bonchev–Trinajstić information content (AvgIpc) is 3.31. The minimum absolute atomic E-state index is 0.0450. The van der Waals surface area contributed by atoms with Crippen LogP contribution in [-0.2, 0) is 19.3 Å². The van der Waals surface area contributed by atoms with E-state index in [1.54, 1.807) is 6.07 Å². The van der Waals surface area contributed by atoms with Crippen LogP contribution in [0.25, 0.3) is 0 Å². The number of halogens is 3. The van der Waals surface area contributed by atoms with Gasteiger partial charge in [-0.25, -0.2) is 23.1 Å². The lowest BCUT2D eigenvalue weighted by Crippen LogP contribution is -2.44. The van der Waals surface area contributed by atoms with Crippen molar-refractivity contribution in [1.82, 2.24) is 19.7 Å². The van der Waals surface area contributed by atoms with Crippen LogP contribution in [0.2, 0.25) is 5.28 Å². The molecule has 0 N–H and O–H groups in total. The molecule has 12 heteroatoms. The van der Waals surface area contributed by atoms with Crippen molar-refractivity contribution in [2.24, 2.45) is 0 Å². The van der Waals surface area contributed by atoms with Gasteiger partial charge in [-0.3, -0.25) is 0 Å². The molecule has 0 aromatic carbocycles. The predicted molar refractivity (Wildman–Crippen MR) is 96.2 cm³/mol. The Kier molecular flexibility index (Phi) is 4.79. The lowest BCUT2D eigenvalue weighted by molar-refractivity contribution is 0.0564. The van der Waals surface area contributed by atoms with Gasteiger partial charge in [-0.1, -0.05) is 0 Å². The van der Waals surface area contributed by atoms with Gasteiger partial charge in [0.05, 0.1) is 31.1 Å². The van der Waals surface area contributed by atoms with E-state index in [4.69, 9.17) is 16.3 Å². The molecule has 8 nitrogen and oxygen atoms in total. The number of nitrogens with zero attached hydrogens (tertiary/aromatic N) is 5. The molecule has 2 aliphatic rings. The fourth-order valence-corrected chi connectivity index (χ4v) is 5.50. The van der Waals surface area contributed by atoms with Gasteiger partial charge in [-0.2, -0.15) is 13.9 Å². The Hall–Kier alpha value is -1.85. The number of sulfone groups is 1. The van der Waals surface area contributed by atoms with Gasteiger partial charge in [-0.15, -0.1) is 0 Å². The molecule has 152 valence electrons. The van der Waals surface area contributed by atoms with Crippen LogP contribution in [0.3, 0.4) is 0 Å². The smallest absolute Gasteiger partial charge is 0.333 e. The first kappa shape index (κ1) is 19.5. The van der Waals surface area contributed by atoms with Crippen LogP contribution in [-0.4, -0.2) is 54.0 Å². The first-order chi connectivity index (χ1) is 13.2. The summed E-state index contributed by atoms with van der Waals surface area (Å²) in [6.07, 6.45) is 2.42. The minimum atomic E-state index is -3.98. The third-order valence-corrected chi connectivity index (χ3v) is 7.77. The lowest BCUT2D eigenvalue weighted by Gasteiger charge is -2.34. The molecule has 0 unspecified atom stereocenters. The van der Waals surface area contributed by atoms with Crippen LogP contribution in [0.5, 0.6) is 0 Å². The normalized spacial score (nSPS) is 21.9. The summed E-state index contributed by atoms with van der Waals surface area (Å²) in [5.74, 6) is 0.524. The maximum atomic E-state index is 13.2. The van der Waals surface area contributed by atoms with E-state index in [2.05, 4.69) is 15.1 Å². The number of anilines is 1. The first-order valence-corrected chi connectivity index (χ1v) is 10.6. The first-order valence-electron chi connectivity index (χ1n) is 8.71. The monoisotopic (exact) mass is 433 g/mol. The van der Waals surface area contributed by atoms with E-state index in [1.807, 2.05) is 11.8 Å². The summed E-state index contributed by atoms with van der Waals surface area (Å²) in [7, 11) is -3.98. The fraction of sp³-hybridized carbons (Fsp3) is 0.562. The molecular formula is C16H18ClF2N5O3S. The van der Waals surface area contributed by atoms with E-state index in [0.717, 1.165) is 12.4 Å². The summed E-state index contributed by atoms with van der Waals surface area (Å²) in [4.78, 5) is 10.1. The molecule has 1 atom stereocenters. The molecule has 2 fully saturated rings. The summed E-state index contributed by atoms with van der Waals surface area (Å²) in [5, 5.41) is 3.38. The molecule has 1 aliphatic carbocycles. The Balaban J connectivity index is 1.73. The van der Waals surface area contributed by atoms with E-state index in [1.165, 1.54) is 0 Å². The molecule has 4 rings (SSSR count). The number of ether oxygens (including phenoxy) is 1. The zero-order valence-electron chi connectivity index (χ0n) is 14.9. The molecule has 1 aliphatic heterocycles. The van der Waals surface area contributed by atoms with Crippen molar-refractivity contribution in [1.29, 1.82) is 0 Å². The zero-order valence-corrected chi connectivity index (χ0v) is 16.5. The van der Waals surface area contributed by atoms with E-state index >= 15 is 0 Å². The highest BCUT2D eigenvalue weighted by Gasteiger charge is 2.58. The van der Waals surface area contributed by atoms with Gasteiger partial charge in [0.2, 0.25) is 5.28 Å². The number of rotatable bonds is 5. The van der Waals surface area contributed by atoms with Gasteiger partial charge in [0, 0.05) is 18.8 Å². The average molecular weight is 434 g/mol. The Morgan fingerprint density at radius 1 is 1.36 bits per heavy atom. The van der Waals surface area contributed by atoms with Crippen molar-refractivity contribution in [3.8, 4) is 0 Å². The Labute approximate surface area is 165 Å². The number of morpholine rings is 1. The van der Waals surface area contributed by atoms with Crippen molar-refractivity contribution >= 4 is 27.3 Å². The molecule has 0 spiro atoms. The summed E-state index contributed by atoms with van der Waals surface area (Å²) >= 11 is 6.10. The van der Waals surface area contributed by atoms with Crippen molar-refractivity contribution in [3.63, 3.8) is 0 Å². The predicted octanol–water partition coefficient (Wildman–Crippen LogP) is 2.41. The number of aromatic nitrogens is 4. The van der Waals surface area contributed by atoms with E-state index < -0.39 is 21.1 Å². The number of alkyl halides is 2. The Morgan fingerprint density at radius 3 is 2.71 bits per heavy atom. The molecule has 3 heterocycles. The highest BCUT2D eigenvalue weighted by molar-refractivity contribution is 7.92. The maximum absolute atomic E-state index is 13.2. The lowest BCUT2D eigenvalue weighted by atomic mass is 10.2. The van der Waals surface area contributed by atoms with Gasteiger partial charge >= 0.3 is 6.55 Å². The Morgan fingerprint density at radius 2 is 2.11 bits per heavy atom. The van der Waals surface area contributed by atoms with E-state index in [9.17, 15) is 17.2 Å². The van der Waals surface area contributed by atoms with Crippen LogP contribution in [0.15, 0.2) is 23.4 Å². The second-order valence-corrected chi connectivity index (χ2v) is 9.53. The fourth-order valence-electron chi connectivity index (χ4n) is 3.42. The molecule has 0 bridgehead atoms. The minimum Gasteiger partial charge on any atom is -0.377 e. The van der Waals surface area contributed by atoms with E-state index in [0.29, 0.717) is 43.1 Å². The van der Waals surface area contributed by atoms with Crippen LogP contribution in [0.4, 0.5) is 14.6 Å². The zero-order chi connectivity index (χ0) is 20.1. The van der Waals surface area contributed by atoms with Crippen LogP contribution >= 0.6 is 11.6 Å². The van der Waals surface area contributed by atoms with Crippen molar-refractivity contribution in [2.45, 2.75) is 42.0 Å². The van der Waals surface area contributed by atoms with Crippen molar-refractivity contribution in [2.75, 3.05) is 24.7 Å². The molecule has 1 saturated heterocycles. The van der Waals surface area contributed by atoms with Crippen molar-refractivity contribution in [3.05, 3.63) is 29.4 Å². The molecule has 2 aromatic heterocycles. The highest BCUT2D eigenvalue weighted by Crippen LogP contribution is 2.55. The molecule has 1 saturated carbocycles. The second kappa shape index (κ2) is 6.89. The van der Waals surface area contributed by atoms with Gasteiger partial charge in [0.1, 0.15) is 15.5 Å². The standard InChI is InChI=1S/C16H18ClF2N5O3S/c1-10-9-27-5-4-23(10)13-6-12(21-14(17)22-13)16(2-3-16)28(25,26)11-7-20-24(8-11)15(18)19/h6-8,10,15H,2-5,9H2,1H3/t10-/m0/s1. The second-order valence-electron chi connectivity index (χ2n) is 6.93. The quantitative estimate of drug-likeness (QED) is 0.669. The van der Waals surface area contributed by atoms with Gasteiger partial charge in [-0.05, 0) is 31.4 Å². The van der Waals surface area contributed by atoms with Gasteiger partial charge < -0.3 is 9.64 Å². The molecule has 2 aromatic rings. The maximum Gasteiger partial charge on any atom is 0.333 e. The molecular weight excluding hydrogens is 416 g/mol. The van der Waals surface area contributed by atoms with Crippen LogP contribution in [0, 0.1) is 0 Å². The summed E-state index contributed by atoms with van der Waals surface area (Å²) in [6.45, 7) is 0.693. The summed E-state index contributed by atoms with van der Waals surface area (Å²) < 4.78 is 56.4. The largest absolute Gasteiger partial charge is 0.377 e. The highest BCUT2D eigenvalue weighted by atomic mass is 35.5. The number of hydrogen-bond acceptors (Lipinski definition) is 7. The van der Waals surface area contributed by atoms with Crippen molar-refractivity contribution < 1.29 is 21.9 Å². The van der Waals surface area contributed by atoms with Crippen LogP contribution < -0.4 is 4.90 Å². The molecule has 28 heavy (non-hydrogen) atoms. The Bertz CT molecular complexity index is 996. The third kappa shape index (κ3) is 3.15. The third-order valence-electron chi connectivity index (χ3n) is 5.12. The number of hydrogen-bond donors (Lipinski definition) is 0. The summed E-state index contributed by atoms with van der Waals surface area (Å²) in [5.41, 5.74) is 0.269. The molecule has 0 radical (unpaired) electrons. The van der Waals surface area contributed by atoms with Gasteiger partial charge in [0.25, 0.3) is 0 Å². The van der Waals surface area contributed by atoms with E-state index in [-0.39, 0.29) is 21.9 Å². The van der Waals surface area contributed by atoms with Gasteiger partial charge in [0.15, 0.2) is 9.84 Å². The molecule has 0 amide bonds. The van der Waals surface area contributed by atoms with Crippen LogP contribution in [0.1, 0.15) is 32.0 Å². The SMILES string of the molecule is C[C@H]1COCCN1c1cc(C2(S(=O)(=O)c3cnn(C(F)F)c3)CC2)nc(Cl)n1. The topological polar surface area (TPSA) is 90.2 Å². The summed E-state index contributed by atoms with van der Waals surface area (Å²) in [6, 6.07) is 1.67.